The van der Waals surface area contributed by atoms with E-state index in [1.807, 2.05) is 6.07 Å². The molecule has 0 amide bonds. The molecular weight excluding hydrogens is 358 g/mol. The highest BCUT2D eigenvalue weighted by Gasteiger charge is 2.13. The summed E-state index contributed by atoms with van der Waals surface area (Å²) in [5.74, 6) is 0.806. The molecule has 0 saturated carbocycles. The maximum absolute atomic E-state index is 12.3. The van der Waals surface area contributed by atoms with Crippen molar-refractivity contribution in [3.8, 4) is 0 Å². The molecule has 0 aliphatic heterocycles. The molecule has 0 aromatic heterocycles. The van der Waals surface area contributed by atoms with Gasteiger partial charge in [-0.2, -0.15) is 0 Å². The second-order valence-corrected chi connectivity index (χ2v) is 8.77. The average molecular weight is 388 g/mol. The fourth-order valence-electron chi connectivity index (χ4n) is 2.97. The molecule has 0 atom stereocenters. The van der Waals surface area contributed by atoms with Crippen molar-refractivity contribution in [2.24, 2.45) is 4.99 Å². The lowest BCUT2D eigenvalue weighted by atomic mass is 10.1. The molecule has 0 saturated heterocycles. The van der Waals surface area contributed by atoms with Gasteiger partial charge in [-0.3, -0.25) is 4.99 Å². The predicted octanol–water partition coefficient (Wildman–Crippen LogP) is 2.87. The van der Waals surface area contributed by atoms with Gasteiger partial charge in [-0.15, -0.1) is 0 Å². The standard InChI is InChI=1S/C21H29N3O2S/c1-17-14-18(2)16-19(15-17)10-12-24-21(22-3)23-11-7-13-27(25,26)20-8-5-4-6-9-20/h4-6,8-9,14-16H,7,10-13H2,1-3H3,(H2,22,23,24). The third-order valence-corrected chi connectivity index (χ3v) is 6.01. The molecule has 2 aromatic rings. The SMILES string of the molecule is CN=C(NCCCS(=O)(=O)c1ccccc1)NCCc1cc(C)cc(C)c1. The first kappa shape index (κ1) is 21.0. The molecule has 146 valence electrons. The van der Waals surface area contributed by atoms with Gasteiger partial charge in [0.25, 0.3) is 0 Å². The molecule has 0 bridgehead atoms. The van der Waals surface area contributed by atoms with Crippen LogP contribution in [0.5, 0.6) is 0 Å². The van der Waals surface area contributed by atoms with Gasteiger partial charge in [0.15, 0.2) is 15.8 Å². The number of hydrogen-bond donors (Lipinski definition) is 2. The van der Waals surface area contributed by atoms with E-state index in [0.717, 1.165) is 13.0 Å². The molecule has 2 aromatic carbocycles. The van der Waals surface area contributed by atoms with Gasteiger partial charge in [-0.25, -0.2) is 8.42 Å². The number of nitrogens with zero attached hydrogens (tertiary/aromatic N) is 1. The maximum Gasteiger partial charge on any atom is 0.190 e. The lowest BCUT2D eigenvalue weighted by Crippen LogP contribution is -2.39. The molecule has 5 nitrogen and oxygen atoms in total. The van der Waals surface area contributed by atoms with Crippen molar-refractivity contribution in [2.75, 3.05) is 25.9 Å². The van der Waals surface area contributed by atoms with Crippen LogP contribution < -0.4 is 10.6 Å². The van der Waals surface area contributed by atoms with E-state index in [4.69, 9.17) is 0 Å². The Morgan fingerprint density at radius 2 is 1.59 bits per heavy atom. The molecule has 2 rings (SSSR count). The number of rotatable bonds is 8. The molecule has 27 heavy (non-hydrogen) atoms. The molecule has 0 aliphatic rings. The first-order chi connectivity index (χ1) is 12.9. The second kappa shape index (κ2) is 10.1. The minimum Gasteiger partial charge on any atom is -0.356 e. The van der Waals surface area contributed by atoms with E-state index < -0.39 is 9.84 Å². The van der Waals surface area contributed by atoms with E-state index in [1.165, 1.54) is 16.7 Å². The Balaban J connectivity index is 1.73. The Kier molecular flexibility index (Phi) is 7.85. The molecule has 0 radical (unpaired) electrons. The zero-order valence-corrected chi connectivity index (χ0v) is 17.1. The Bertz CT molecular complexity index is 842. The summed E-state index contributed by atoms with van der Waals surface area (Å²) in [6, 6.07) is 15.1. The number of aryl methyl sites for hydroxylation is 2. The summed E-state index contributed by atoms with van der Waals surface area (Å²) in [6.45, 7) is 5.53. The van der Waals surface area contributed by atoms with Crippen molar-refractivity contribution < 1.29 is 8.42 Å². The van der Waals surface area contributed by atoms with Gasteiger partial charge in [-0.05, 0) is 44.4 Å². The minimum absolute atomic E-state index is 0.115. The number of aliphatic imine (C=N–C) groups is 1. The van der Waals surface area contributed by atoms with Crippen LogP contribution in [0, 0.1) is 13.8 Å². The highest BCUT2D eigenvalue weighted by atomic mass is 32.2. The number of benzene rings is 2. The molecule has 0 spiro atoms. The maximum atomic E-state index is 12.3. The number of guanidine groups is 1. The normalized spacial score (nSPS) is 12.0. The Morgan fingerprint density at radius 1 is 0.963 bits per heavy atom. The fraction of sp³-hybridized carbons (Fsp3) is 0.381. The highest BCUT2D eigenvalue weighted by molar-refractivity contribution is 7.91. The van der Waals surface area contributed by atoms with Gasteiger partial charge in [0.1, 0.15) is 0 Å². The number of hydrogen-bond acceptors (Lipinski definition) is 3. The van der Waals surface area contributed by atoms with Crippen molar-refractivity contribution in [3.63, 3.8) is 0 Å². The molecule has 0 fully saturated rings. The summed E-state index contributed by atoms with van der Waals surface area (Å²) in [4.78, 5) is 4.57. The van der Waals surface area contributed by atoms with Gasteiger partial charge in [0.2, 0.25) is 0 Å². The van der Waals surface area contributed by atoms with E-state index in [2.05, 4.69) is 47.7 Å². The molecule has 0 aliphatic carbocycles. The summed E-state index contributed by atoms with van der Waals surface area (Å²) >= 11 is 0. The quantitative estimate of drug-likeness (QED) is 0.415. The van der Waals surface area contributed by atoms with Gasteiger partial charge in [0.05, 0.1) is 10.6 Å². The van der Waals surface area contributed by atoms with Crippen LogP contribution in [-0.2, 0) is 16.3 Å². The Hall–Kier alpha value is -2.34. The van der Waals surface area contributed by atoms with Crippen molar-refractivity contribution in [3.05, 3.63) is 65.2 Å². The Labute approximate surface area is 162 Å². The predicted molar refractivity (Wildman–Crippen MR) is 112 cm³/mol. The monoisotopic (exact) mass is 387 g/mol. The third-order valence-electron chi connectivity index (χ3n) is 4.20. The molecule has 2 N–H and O–H groups in total. The van der Waals surface area contributed by atoms with E-state index in [1.54, 1.807) is 31.3 Å². The lowest BCUT2D eigenvalue weighted by molar-refractivity contribution is 0.592. The van der Waals surface area contributed by atoms with Crippen molar-refractivity contribution in [1.29, 1.82) is 0 Å². The van der Waals surface area contributed by atoms with E-state index in [-0.39, 0.29) is 5.75 Å². The van der Waals surface area contributed by atoms with Crippen molar-refractivity contribution in [1.82, 2.24) is 10.6 Å². The van der Waals surface area contributed by atoms with Gasteiger partial charge in [-0.1, -0.05) is 47.5 Å². The van der Waals surface area contributed by atoms with Crippen LogP contribution in [0.1, 0.15) is 23.1 Å². The second-order valence-electron chi connectivity index (χ2n) is 6.66. The zero-order valence-electron chi connectivity index (χ0n) is 16.3. The van der Waals surface area contributed by atoms with Gasteiger partial charge < -0.3 is 10.6 Å². The van der Waals surface area contributed by atoms with Crippen LogP contribution in [0.25, 0.3) is 0 Å². The zero-order chi connectivity index (χ0) is 19.7. The van der Waals surface area contributed by atoms with Crippen LogP contribution in [0.2, 0.25) is 0 Å². The van der Waals surface area contributed by atoms with Crippen molar-refractivity contribution in [2.45, 2.75) is 31.6 Å². The van der Waals surface area contributed by atoms with Crippen LogP contribution in [0.15, 0.2) is 58.4 Å². The lowest BCUT2D eigenvalue weighted by Gasteiger charge is -2.12. The van der Waals surface area contributed by atoms with E-state index in [0.29, 0.717) is 23.8 Å². The molecular formula is C21H29N3O2S. The Morgan fingerprint density at radius 3 is 2.22 bits per heavy atom. The third kappa shape index (κ3) is 7.06. The van der Waals surface area contributed by atoms with Crippen LogP contribution in [0.4, 0.5) is 0 Å². The van der Waals surface area contributed by atoms with E-state index >= 15 is 0 Å². The van der Waals surface area contributed by atoms with Crippen LogP contribution >= 0.6 is 0 Å². The average Bonchev–Trinajstić information content (AvgIpc) is 2.63. The smallest absolute Gasteiger partial charge is 0.190 e. The van der Waals surface area contributed by atoms with Gasteiger partial charge >= 0.3 is 0 Å². The largest absolute Gasteiger partial charge is 0.356 e. The summed E-state index contributed by atoms with van der Waals surface area (Å²) < 4.78 is 24.5. The topological polar surface area (TPSA) is 70.6 Å². The summed E-state index contributed by atoms with van der Waals surface area (Å²) in [6.07, 6.45) is 1.43. The van der Waals surface area contributed by atoms with E-state index in [9.17, 15) is 8.42 Å². The summed E-state index contributed by atoms with van der Waals surface area (Å²) in [7, 11) is -1.51. The van der Waals surface area contributed by atoms with Crippen LogP contribution in [0.3, 0.4) is 0 Å². The number of nitrogens with one attached hydrogen (secondary N) is 2. The molecule has 0 unspecified atom stereocenters. The first-order valence-corrected chi connectivity index (χ1v) is 10.9. The molecule has 0 heterocycles. The summed E-state index contributed by atoms with van der Waals surface area (Å²) in [5.41, 5.74) is 3.84. The number of sulfone groups is 1. The van der Waals surface area contributed by atoms with Gasteiger partial charge in [0, 0.05) is 20.1 Å². The highest BCUT2D eigenvalue weighted by Crippen LogP contribution is 2.11. The van der Waals surface area contributed by atoms with Crippen molar-refractivity contribution >= 4 is 15.8 Å². The minimum atomic E-state index is -3.23. The summed E-state index contributed by atoms with van der Waals surface area (Å²) in [5, 5.41) is 6.45. The first-order valence-electron chi connectivity index (χ1n) is 9.20. The van der Waals surface area contributed by atoms with Crippen LogP contribution in [-0.4, -0.2) is 40.3 Å². The molecule has 6 heteroatoms. The fourth-order valence-corrected chi connectivity index (χ4v) is 4.31.